The number of para-hydroxylation sites is 2. The maximum atomic E-state index is 13.1. The molecule has 1 heterocycles. The molecule has 0 saturated carbocycles. The molecule has 0 unspecified atom stereocenters. The van der Waals surface area contributed by atoms with Gasteiger partial charge in [-0.2, -0.15) is 0 Å². The first kappa shape index (κ1) is 20.6. The maximum absolute atomic E-state index is 13.1. The van der Waals surface area contributed by atoms with E-state index in [-0.39, 0.29) is 24.1 Å². The highest BCUT2D eigenvalue weighted by Crippen LogP contribution is 2.21. The highest BCUT2D eigenvalue weighted by molar-refractivity contribution is 5.93. The molecule has 2 aromatic carbocycles. The van der Waals surface area contributed by atoms with Gasteiger partial charge < -0.3 is 5.32 Å². The number of hydrogen-bond acceptors (Lipinski definition) is 3. The topological polar surface area (TPSA) is 73.1 Å². The van der Waals surface area contributed by atoms with Crippen LogP contribution in [0.3, 0.4) is 0 Å². The Balaban J connectivity index is 2.08. The minimum absolute atomic E-state index is 0.159. The monoisotopic (exact) mass is 393 g/mol. The lowest BCUT2D eigenvalue weighted by Crippen LogP contribution is -2.43. The van der Waals surface area contributed by atoms with Crippen molar-refractivity contribution in [2.45, 2.75) is 53.1 Å². The summed E-state index contributed by atoms with van der Waals surface area (Å²) >= 11 is 0. The van der Waals surface area contributed by atoms with Crippen molar-refractivity contribution in [1.82, 2.24) is 9.13 Å². The first-order valence-corrected chi connectivity index (χ1v) is 10.0. The molecule has 0 aliphatic carbocycles. The maximum Gasteiger partial charge on any atom is 0.332 e. The standard InChI is InChI=1S/C23H27N3O3/c1-5-16(4)26-22(28)18-12-7-8-13-19(18)25(23(26)29)14-20(27)24-21-15(3)10-9-11-17(21)6-2/h7-13,16H,5-6,14H2,1-4H3,(H,24,27)/t16-/m1/s1. The molecule has 0 saturated heterocycles. The number of rotatable bonds is 6. The van der Waals surface area contributed by atoms with Gasteiger partial charge >= 0.3 is 5.69 Å². The number of nitrogens with one attached hydrogen (secondary N) is 1. The lowest BCUT2D eigenvalue weighted by Gasteiger charge is -2.18. The van der Waals surface area contributed by atoms with Crippen molar-refractivity contribution >= 4 is 22.5 Å². The Morgan fingerprint density at radius 3 is 2.48 bits per heavy atom. The van der Waals surface area contributed by atoms with E-state index in [0.717, 1.165) is 23.2 Å². The van der Waals surface area contributed by atoms with Gasteiger partial charge in [-0.15, -0.1) is 0 Å². The second-order valence-corrected chi connectivity index (χ2v) is 7.33. The summed E-state index contributed by atoms with van der Waals surface area (Å²) < 4.78 is 2.64. The highest BCUT2D eigenvalue weighted by Gasteiger charge is 2.18. The summed E-state index contributed by atoms with van der Waals surface area (Å²) in [6.45, 7) is 7.58. The summed E-state index contributed by atoms with van der Waals surface area (Å²) in [5.74, 6) is -0.296. The molecule has 0 radical (unpaired) electrons. The van der Waals surface area contributed by atoms with Crippen molar-refractivity contribution in [3.05, 3.63) is 74.4 Å². The summed E-state index contributed by atoms with van der Waals surface area (Å²) in [6, 6.07) is 12.6. The average Bonchev–Trinajstić information content (AvgIpc) is 2.72. The van der Waals surface area contributed by atoms with Crippen LogP contribution in [0.2, 0.25) is 0 Å². The van der Waals surface area contributed by atoms with E-state index in [4.69, 9.17) is 0 Å². The van der Waals surface area contributed by atoms with Gasteiger partial charge in [0.2, 0.25) is 5.91 Å². The molecule has 0 aliphatic heterocycles. The zero-order valence-electron chi connectivity index (χ0n) is 17.4. The molecule has 1 N–H and O–H groups in total. The van der Waals surface area contributed by atoms with E-state index in [1.807, 2.05) is 45.9 Å². The SMILES string of the molecule is CCc1cccc(C)c1NC(=O)Cn1c(=O)n([C@H](C)CC)c(=O)c2ccccc21. The fourth-order valence-corrected chi connectivity index (χ4v) is 3.59. The van der Waals surface area contributed by atoms with Gasteiger partial charge in [-0.1, -0.05) is 44.2 Å². The van der Waals surface area contributed by atoms with Crippen LogP contribution in [-0.4, -0.2) is 15.0 Å². The largest absolute Gasteiger partial charge is 0.332 e. The molecule has 6 heteroatoms. The lowest BCUT2D eigenvalue weighted by atomic mass is 10.1. The first-order chi connectivity index (χ1) is 13.9. The number of nitrogens with zero attached hydrogens (tertiary/aromatic N) is 2. The highest BCUT2D eigenvalue weighted by atomic mass is 16.2. The zero-order chi connectivity index (χ0) is 21.1. The van der Waals surface area contributed by atoms with E-state index in [1.54, 1.807) is 24.3 Å². The van der Waals surface area contributed by atoms with E-state index >= 15 is 0 Å². The third-order valence-electron chi connectivity index (χ3n) is 5.42. The molecule has 1 atom stereocenters. The molecule has 3 rings (SSSR count). The molecule has 3 aromatic rings. The second kappa shape index (κ2) is 8.47. The number of hydrogen-bond donors (Lipinski definition) is 1. The number of anilines is 1. The van der Waals surface area contributed by atoms with Gasteiger partial charge in [0.25, 0.3) is 5.56 Å². The van der Waals surface area contributed by atoms with Crippen molar-refractivity contribution in [2.75, 3.05) is 5.32 Å². The Morgan fingerprint density at radius 1 is 1.07 bits per heavy atom. The van der Waals surface area contributed by atoms with Crippen LogP contribution < -0.4 is 16.6 Å². The zero-order valence-corrected chi connectivity index (χ0v) is 17.4. The molecule has 29 heavy (non-hydrogen) atoms. The number of aromatic nitrogens is 2. The summed E-state index contributed by atoms with van der Waals surface area (Å²) in [4.78, 5) is 38.9. The Kier molecular flexibility index (Phi) is 6.01. The van der Waals surface area contributed by atoms with Gasteiger partial charge in [-0.25, -0.2) is 4.79 Å². The van der Waals surface area contributed by atoms with E-state index < -0.39 is 5.69 Å². The number of aryl methyl sites for hydroxylation is 2. The van der Waals surface area contributed by atoms with Gasteiger partial charge in [0.05, 0.1) is 10.9 Å². The smallest absolute Gasteiger partial charge is 0.324 e. The summed E-state index contributed by atoms with van der Waals surface area (Å²) in [7, 11) is 0. The van der Waals surface area contributed by atoms with Gasteiger partial charge in [0.15, 0.2) is 0 Å². The van der Waals surface area contributed by atoms with Crippen molar-refractivity contribution in [2.24, 2.45) is 0 Å². The van der Waals surface area contributed by atoms with Crippen LogP contribution in [0.1, 0.15) is 44.4 Å². The van der Waals surface area contributed by atoms with Crippen LogP contribution in [-0.2, 0) is 17.8 Å². The molecule has 0 aliphatic rings. The molecular formula is C23H27N3O3. The van der Waals surface area contributed by atoms with Gasteiger partial charge in [0.1, 0.15) is 6.54 Å². The predicted octanol–water partition coefficient (Wildman–Crippen LogP) is 3.64. The summed E-state index contributed by atoms with van der Waals surface area (Å²) in [5, 5.41) is 3.40. The fraction of sp³-hybridized carbons (Fsp3) is 0.348. The van der Waals surface area contributed by atoms with E-state index in [2.05, 4.69) is 5.32 Å². The molecule has 1 aromatic heterocycles. The number of benzene rings is 2. The lowest BCUT2D eigenvalue weighted by molar-refractivity contribution is -0.116. The van der Waals surface area contributed by atoms with E-state index in [9.17, 15) is 14.4 Å². The van der Waals surface area contributed by atoms with Crippen molar-refractivity contribution in [3.63, 3.8) is 0 Å². The van der Waals surface area contributed by atoms with Gasteiger partial charge in [-0.3, -0.25) is 18.7 Å². The van der Waals surface area contributed by atoms with Crippen LogP contribution >= 0.6 is 0 Å². The third kappa shape index (κ3) is 3.88. The van der Waals surface area contributed by atoms with Crippen molar-refractivity contribution < 1.29 is 4.79 Å². The number of amides is 1. The van der Waals surface area contributed by atoms with Crippen LogP contribution in [0.25, 0.3) is 10.9 Å². The number of carbonyl (C=O) groups is 1. The van der Waals surface area contributed by atoms with Crippen LogP contribution in [0, 0.1) is 6.92 Å². The van der Waals surface area contributed by atoms with Crippen LogP contribution in [0.5, 0.6) is 0 Å². The minimum atomic E-state index is -0.460. The Labute approximate surface area is 169 Å². The molecule has 0 spiro atoms. The molecular weight excluding hydrogens is 366 g/mol. The van der Waals surface area contributed by atoms with Crippen LogP contribution in [0.4, 0.5) is 5.69 Å². The summed E-state index contributed by atoms with van der Waals surface area (Å²) in [6.07, 6.45) is 1.43. The Morgan fingerprint density at radius 2 is 1.79 bits per heavy atom. The van der Waals surface area contributed by atoms with Crippen LogP contribution in [0.15, 0.2) is 52.1 Å². The molecule has 0 fully saturated rings. The third-order valence-corrected chi connectivity index (χ3v) is 5.42. The molecule has 1 amide bonds. The van der Waals surface area contributed by atoms with E-state index in [1.165, 1.54) is 9.13 Å². The first-order valence-electron chi connectivity index (χ1n) is 10.0. The Hall–Kier alpha value is -3.15. The van der Waals surface area contributed by atoms with Crippen molar-refractivity contribution in [1.29, 1.82) is 0 Å². The summed E-state index contributed by atoms with van der Waals surface area (Å²) in [5.41, 5.74) is 2.49. The van der Waals surface area contributed by atoms with Crippen molar-refractivity contribution in [3.8, 4) is 0 Å². The van der Waals surface area contributed by atoms with E-state index in [0.29, 0.717) is 17.3 Å². The normalized spacial score (nSPS) is 12.1. The Bertz CT molecular complexity index is 1170. The second-order valence-electron chi connectivity index (χ2n) is 7.33. The number of fused-ring (bicyclic) bond motifs is 1. The number of carbonyl (C=O) groups excluding carboxylic acids is 1. The molecule has 0 bridgehead atoms. The fourth-order valence-electron chi connectivity index (χ4n) is 3.59. The average molecular weight is 393 g/mol. The predicted molar refractivity (Wildman–Crippen MR) is 117 cm³/mol. The quantitative estimate of drug-likeness (QED) is 0.695. The minimum Gasteiger partial charge on any atom is -0.324 e. The molecule has 6 nitrogen and oxygen atoms in total. The molecule has 152 valence electrons. The van der Waals surface area contributed by atoms with Gasteiger partial charge in [-0.05, 0) is 49.9 Å². The van der Waals surface area contributed by atoms with Gasteiger partial charge in [0, 0.05) is 11.7 Å².